The number of nitrogens with one attached hydrogen (secondary N) is 1. The molecule has 0 spiro atoms. The average molecular weight is 339 g/mol. The van der Waals surface area contributed by atoms with Gasteiger partial charge in [0.15, 0.2) is 0 Å². The van der Waals surface area contributed by atoms with Crippen LogP contribution in [-0.4, -0.2) is 23.0 Å². The van der Waals surface area contributed by atoms with E-state index in [1.165, 1.54) is 18.2 Å². The highest BCUT2D eigenvalue weighted by Gasteiger charge is 2.14. The topological polar surface area (TPSA) is 146 Å². The van der Waals surface area contributed by atoms with Gasteiger partial charge in [0, 0.05) is 11.6 Å². The van der Waals surface area contributed by atoms with Crippen LogP contribution >= 0.6 is 0 Å². The number of benzene rings is 1. The molecule has 0 aliphatic rings. The van der Waals surface area contributed by atoms with Crippen LogP contribution in [0.4, 0.5) is 4.79 Å². The first-order valence-electron chi connectivity index (χ1n) is 6.98. The summed E-state index contributed by atoms with van der Waals surface area (Å²) in [7, 11) is 0. The molecular weight excluding hydrogens is 326 g/mol. The van der Waals surface area contributed by atoms with Gasteiger partial charge in [0.25, 0.3) is 5.91 Å². The van der Waals surface area contributed by atoms with Crippen molar-refractivity contribution in [2.75, 3.05) is 0 Å². The molecule has 1 aromatic heterocycles. The zero-order valence-electron chi connectivity index (χ0n) is 13.1. The van der Waals surface area contributed by atoms with E-state index in [1.807, 2.05) is 0 Å². The van der Waals surface area contributed by atoms with E-state index in [1.54, 1.807) is 30.4 Å². The van der Waals surface area contributed by atoms with Crippen molar-refractivity contribution >= 4 is 24.0 Å². The first-order valence-corrected chi connectivity index (χ1v) is 6.98. The normalized spacial score (nSPS) is 10.8. The first kappa shape index (κ1) is 17.5. The number of carbonyl (C=O) groups is 3. The maximum atomic E-state index is 11.6. The number of hydrogen-bond acceptors (Lipinski definition) is 5. The van der Waals surface area contributed by atoms with E-state index in [9.17, 15) is 14.4 Å². The highest BCUT2D eigenvalue weighted by Crippen LogP contribution is 2.27. The first-order chi connectivity index (χ1) is 11.8. The smallest absolute Gasteiger partial charge is 0.335 e. The molecule has 0 radical (unpaired) electrons. The molecule has 8 nitrogen and oxygen atoms in total. The highest BCUT2D eigenvalue weighted by molar-refractivity contribution is 6.08. The van der Waals surface area contributed by atoms with Gasteiger partial charge < -0.3 is 15.3 Å². The van der Waals surface area contributed by atoms with Crippen molar-refractivity contribution in [2.24, 2.45) is 5.73 Å². The number of carboxylic acids is 1. The van der Waals surface area contributed by atoms with Crippen LogP contribution in [0.25, 0.3) is 17.4 Å². The summed E-state index contributed by atoms with van der Waals surface area (Å²) in [5.41, 5.74) is 5.94. The van der Waals surface area contributed by atoms with E-state index in [0.29, 0.717) is 11.3 Å². The average Bonchev–Trinajstić information content (AvgIpc) is 3.00. The molecule has 4 N–H and O–H groups in total. The van der Waals surface area contributed by atoms with Gasteiger partial charge in [-0.25, -0.2) is 9.59 Å². The standard InChI is InChI=1S/C17H13N3O5/c1-9-2-3-10(16(22)23)7-13(9)14-5-4-12(25-14)6-11(8-18)15(21)20-17(19)24/h2-7H,1H3,(H,22,23)(H3,19,20,21,24)/b11-6-. The second-order valence-electron chi connectivity index (χ2n) is 5.03. The number of aromatic carboxylic acids is 1. The Morgan fingerprint density at radius 2 is 2.00 bits per heavy atom. The molecule has 3 amide bonds. The lowest BCUT2D eigenvalue weighted by Gasteiger charge is -2.04. The molecule has 0 fully saturated rings. The van der Waals surface area contributed by atoms with Crippen molar-refractivity contribution in [1.29, 1.82) is 5.26 Å². The number of carbonyl (C=O) groups excluding carboxylic acids is 2. The number of carboxylic acid groups (broad SMARTS) is 1. The fraction of sp³-hybridized carbons (Fsp3) is 0.0588. The number of primary amides is 1. The minimum atomic E-state index is -1.08. The van der Waals surface area contributed by atoms with Gasteiger partial charge in [-0.3, -0.25) is 10.1 Å². The number of nitriles is 1. The lowest BCUT2D eigenvalue weighted by molar-refractivity contribution is -0.116. The largest absolute Gasteiger partial charge is 0.478 e. The van der Waals surface area contributed by atoms with Crippen LogP contribution in [0.3, 0.4) is 0 Å². The minimum Gasteiger partial charge on any atom is -0.478 e. The van der Waals surface area contributed by atoms with Gasteiger partial charge in [0.2, 0.25) is 0 Å². The predicted octanol–water partition coefficient (Wildman–Crippen LogP) is 2.06. The molecule has 0 atom stereocenters. The summed E-state index contributed by atoms with van der Waals surface area (Å²) in [6.07, 6.45) is 1.15. The molecule has 0 aliphatic carbocycles. The van der Waals surface area contributed by atoms with E-state index >= 15 is 0 Å². The Kier molecular flexibility index (Phi) is 5.00. The Hall–Kier alpha value is -3.86. The van der Waals surface area contributed by atoms with Gasteiger partial charge in [-0.05, 0) is 36.8 Å². The molecule has 25 heavy (non-hydrogen) atoms. The summed E-state index contributed by atoms with van der Waals surface area (Å²) in [5.74, 6) is -1.45. The summed E-state index contributed by atoms with van der Waals surface area (Å²) >= 11 is 0. The molecule has 8 heteroatoms. The number of nitrogens with zero attached hydrogens (tertiary/aromatic N) is 1. The van der Waals surface area contributed by atoms with Crippen LogP contribution in [0.1, 0.15) is 21.7 Å². The van der Waals surface area contributed by atoms with E-state index in [-0.39, 0.29) is 16.9 Å². The Morgan fingerprint density at radius 3 is 2.60 bits per heavy atom. The third kappa shape index (κ3) is 4.11. The van der Waals surface area contributed by atoms with E-state index in [4.69, 9.17) is 20.5 Å². The SMILES string of the molecule is Cc1ccc(C(=O)O)cc1-c1ccc(/C=C(/C#N)C(=O)NC(N)=O)o1. The zero-order valence-corrected chi connectivity index (χ0v) is 13.1. The van der Waals surface area contributed by atoms with Crippen molar-refractivity contribution in [3.8, 4) is 17.4 Å². The second-order valence-corrected chi connectivity index (χ2v) is 5.03. The van der Waals surface area contributed by atoms with Crippen LogP contribution in [0, 0.1) is 18.3 Å². The lowest BCUT2D eigenvalue weighted by atomic mass is 10.0. The number of aryl methyl sites for hydroxylation is 1. The summed E-state index contributed by atoms with van der Waals surface area (Å²) < 4.78 is 5.56. The number of furan rings is 1. The third-order valence-corrected chi connectivity index (χ3v) is 3.27. The number of imide groups is 1. The summed E-state index contributed by atoms with van der Waals surface area (Å²) in [4.78, 5) is 33.4. The molecule has 126 valence electrons. The number of amides is 3. The number of rotatable bonds is 4. The third-order valence-electron chi connectivity index (χ3n) is 3.27. The van der Waals surface area contributed by atoms with E-state index < -0.39 is 17.9 Å². The minimum absolute atomic E-state index is 0.104. The second kappa shape index (κ2) is 7.14. The Morgan fingerprint density at radius 1 is 1.28 bits per heavy atom. The van der Waals surface area contributed by atoms with Crippen LogP contribution in [-0.2, 0) is 4.79 Å². The van der Waals surface area contributed by atoms with Crippen molar-refractivity contribution in [2.45, 2.75) is 6.92 Å². The number of urea groups is 1. The van der Waals surface area contributed by atoms with Gasteiger partial charge in [0.05, 0.1) is 5.56 Å². The Bertz CT molecular complexity index is 934. The van der Waals surface area contributed by atoms with Gasteiger partial charge in [-0.2, -0.15) is 5.26 Å². The van der Waals surface area contributed by atoms with Crippen LogP contribution in [0.5, 0.6) is 0 Å². The summed E-state index contributed by atoms with van der Waals surface area (Å²) in [5, 5.41) is 19.9. The molecule has 0 saturated heterocycles. The monoisotopic (exact) mass is 339 g/mol. The Balaban J connectivity index is 2.37. The summed E-state index contributed by atoms with van der Waals surface area (Å²) in [6.45, 7) is 1.79. The van der Waals surface area contributed by atoms with Gasteiger partial charge in [-0.1, -0.05) is 6.07 Å². The molecule has 0 aliphatic heterocycles. The van der Waals surface area contributed by atoms with Gasteiger partial charge >= 0.3 is 12.0 Å². The highest BCUT2D eigenvalue weighted by atomic mass is 16.4. The van der Waals surface area contributed by atoms with Crippen LogP contribution in [0.15, 0.2) is 40.3 Å². The van der Waals surface area contributed by atoms with Crippen molar-refractivity contribution < 1.29 is 23.9 Å². The fourth-order valence-corrected chi connectivity index (χ4v) is 2.07. The molecule has 2 rings (SSSR count). The van der Waals surface area contributed by atoms with Crippen LogP contribution in [0.2, 0.25) is 0 Å². The Labute approximate surface area is 142 Å². The maximum absolute atomic E-state index is 11.6. The molecular formula is C17H13N3O5. The van der Waals surface area contributed by atoms with E-state index in [0.717, 1.165) is 11.6 Å². The van der Waals surface area contributed by atoms with Crippen molar-refractivity contribution in [3.63, 3.8) is 0 Å². The molecule has 1 aromatic carbocycles. The van der Waals surface area contributed by atoms with Gasteiger partial charge in [0.1, 0.15) is 23.2 Å². The molecule has 2 aromatic rings. The van der Waals surface area contributed by atoms with Crippen molar-refractivity contribution in [3.05, 3.63) is 52.8 Å². The van der Waals surface area contributed by atoms with E-state index in [2.05, 4.69) is 0 Å². The van der Waals surface area contributed by atoms with Crippen molar-refractivity contribution in [1.82, 2.24) is 5.32 Å². The van der Waals surface area contributed by atoms with Crippen LogP contribution < -0.4 is 11.1 Å². The summed E-state index contributed by atoms with van der Waals surface area (Å²) in [6, 6.07) is 8.26. The lowest BCUT2D eigenvalue weighted by Crippen LogP contribution is -2.35. The fourth-order valence-electron chi connectivity index (χ4n) is 2.07. The molecule has 1 heterocycles. The predicted molar refractivity (Wildman–Crippen MR) is 87.2 cm³/mol. The number of nitrogens with two attached hydrogens (primary N) is 1. The molecule has 0 bridgehead atoms. The zero-order chi connectivity index (χ0) is 18.6. The number of hydrogen-bond donors (Lipinski definition) is 3. The maximum Gasteiger partial charge on any atom is 0.335 e. The molecule has 0 saturated carbocycles. The van der Waals surface area contributed by atoms with Gasteiger partial charge in [-0.15, -0.1) is 0 Å². The molecule has 0 unspecified atom stereocenters. The quantitative estimate of drug-likeness (QED) is 0.574.